The van der Waals surface area contributed by atoms with Crippen molar-refractivity contribution in [2.24, 2.45) is 0 Å². The Labute approximate surface area is 92.0 Å². The Balaban J connectivity index is 1.86. The maximum Gasteiger partial charge on any atom is 0.102 e. The second-order valence-electron chi connectivity index (χ2n) is 5.34. The Morgan fingerprint density at radius 2 is 2.20 bits per heavy atom. The van der Waals surface area contributed by atoms with E-state index in [9.17, 15) is 5.11 Å². The van der Waals surface area contributed by atoms with E-state index in [-0.39, 0.29) is 0 Å². The zero-order chi connectivity index (χ0) is 10.3. The van der Waals surface area contributed by atoms with Crippen molar-refractivity contribution in [2.75, 3.05) is 13.1 Å². The molecule has 0 spiro atoms. The van der Waals surface area contributed by atoms with E-state index in [1.807, 2.05) is 0 Å². The quantitative estimate of drug-likeness (QED) is 0.665. The van der Waals surface area contributed by atoms with Crippen molar-refractivity contribution in [1.29, 1.82) is 0 Å². The lowest BCUT2D eigenvalue weighted by atomic mass is 9.80. The molecule has 2 unspecified atom stereocenters. The summed E-state index contributed by atoms with van der Waals surface area (Å²) in [6, 6.07) is 0.446. The first-order valence-corrected chi connectivity index (χ1v) is 6.47. The van der Waals surface area contributed by atoms with Crippen LogP contribution in [0.25, 0.3) is 0 Å². The van der Waals surface area contributed by atoms with Gasteiger partial charge >= 0.3 is 0 Å². The molecule has 0 aromatic rings. The molecule has 2 heterocycles. The predicted molar refractivity (Wildman–Crippen MR) is 60.7 cm³/mol. The summed E-state index contributed by atoms with van der Waals surface area (Å²) in [5, 5.41) is 10.9. The lowest BCUT2D eigenvalue weighted by Crippen LogP contribution is -2.43. The summed E-state index contributed by atoms with van der Waals surface area (Å²) in [6.45, 7) is 2.32. The van der Waals surface area contributed by atoms with E-state index in [1.54, 1.807) is 0 Å². The van der Waals surface area contributed by atoms with Gasteiger partial charge in [-0.3, -0.25) is 4.90 Å². The van der Waals surface area contributed by atoms with Gasteiger partial charge in [-0.15, -0.1) is 0 Å². The maximum absolute atomic E-state index is 10.9. The van der Waals surface area contributed by atoms with Crippen LogP contribution >= 0.6 is 0 Å². The highest BCUT2D eigenvalue weighted by Gasteiger charge is 2.49. The number of nitrogens with zero attached hydrogens (tertiary/aromatic N) is 1. The van der Waals surface area contributed by atoms with E-state index in [4.69, 9.17) is 0 Å². The van der Waals surface area contributed by atoms with Gasteiger partial charge in [-0.1, -0.05) is 6.08 Å². The molecule has 0 bridgehead atoms. The molecular formula is C13H21NO. The summed E-state index contributed by atoms with van der Waals surface area (Å²) in [7, 11) is 0. The van der Waals surface area contributed by atoms with E-state index in [1.165, 1.54) is 44.2 Å². The van der Waals surface area contributed by atoms with E-state index in [2.05, 4.69) is 11.0 Å². The Bertz CT molecular complexity index is 286. The second-order valence-corrected chi connectivity index (χ2v) is 5.34. The fourth-order valence-electron chi connectivity index (χ4n) is 3.72. The molecule has 3 rings (SSSR count). The Morgan fingerprint density at radius 3 is 3.00 bits per heavy atom. The first kappa shape index (κ1) is 9.86. The third kappa shape index (κ3) is 1.46. The second kappa shape index (κ2) is 3.60. The molecule has 2 nitrogen and oxygen atoms in total. The van der Waals surface area contributed by atoms with Gasteiger partial charge in [-0.25, -0.2) is 0 Å². The highest BCUT2D eigenvalue weighted by molar-refractivity contribution is 5.25. The fraction of sp³-hybridized carbons (Fsp3) is 0.846. The standard InChI is InChI=1S/C13H21NO/c15-13(11-5-2-1-3-6-11)8-10-14-9-4-7-12(13)14/h5,12,15H,1-4,6-10H2. The molecule has 0 saturated carbocycles. The van der Waals surface area contributed by atoms with Crippen LogP contribution in [0.3, 0.4) is 0 Å². The lowest BCUT2D eigenvalue weighted by Gasteiger charge is -2.34. The van der Waals surface area contributed by atoms with Crippen molar-refractivity contribution in [3.8, 4) is 0 Å². The highest BCUT2D eigenvalue weighted by atomic mass is 16.3. The highest BCUT2D eigenvalue weighted by Crippen LogP contribution is 2.43. The van der Waals surface area contributed by atoms with Crippen molar-refractivity contribution in [1.82, 2.24) is 4.90 Å². The molecule has 2 saturated heterocycles. The van der Waals surface area contributed by atoms with Crippen molar-refractivity contribution in [3.05, 3.63) is 11.6 Å². The largest absolute Gasteiger partial charge is 0.384 e. The van der Waals surface area contributed by atoms with Gasteiger partial charge in [0.05, 0.1) is 0 Å². The third-order valence-corrected chi connectivity index (χ3v) is 4.54. The number of hydrogen-bond acceptors (Lipinski definition) is 2. The molecule has 0 amide bonds. The summed E-state index contributed by atoms with van der Waals surface area (Å²) < 4.78 is 0. The fourth-order valence-corrected chi connectivity index (χ4v) is 3.72. The summed E-state index contributed by atoms with van der Waals surface area (Å²) in [5.41, 5.74) is 0.917. The molecular weight excluding hydrogens is 186 g/mol. The van der Waals surface area contributed by atoms with Crippen LogP contribution in [-0.4, -0.2) is 34.7 Å². The van der Waals surface area contributed by atoms with E-state index < -0.39 is 5.60 Å². The van der Waals surface area contributed by atoms with Crippen LogP contribution < -0.4 is 0 Å². The van der Waals surface area contributed by atoms with Gasteiger partial charge in [0, 0.05) is 12.6 Å². The average molecular weight is 207 g/mol. The molecule has 3 aliphatic rings. The van der Waals surface area contributed by atoms with E-state index >= 15 is 0 Å². The van der Waals surface area contributed by atoms with Crippen molar-refractivity contribution in [3.63, 3.8) is 0 Å². The zero-order valence-corrected chi connectivity index (χ0v) is 9.41. The summed E-state index contributed by atoms with van der Waals surface area (Å²) in [4.78, 5) is 2.50. The molecule has 0 aromatic carbocycles. The predicted octanol–water partition coefficient (Wildman–Crippen LogP) is 2.09. The first-order chi connectivity index (χ1) is 7.31. The molecule has 0 aromatic heterocycles. The molecule has 1 N–H and O–H groups in total. The molecule has 2 fully saturated rings. The van der Waals surface area contributed by atoms with Gasteiger partial charge in [-0.2, -0.15) is 0 Å². The van der Waals surface area contributed by atoms with Crippen LogP contribution in [0.2, 0.25) is 0 Å². The van der Waals surface area contributed by atoms with E-state index in [0.29, 0.717) is 6.04 Å². The molecule has 1 aliphatic carbocycles. The number of fused-ring (bicyclic) bond motifs is 1. The maximum atomic E-state index is 10.9. The van der Waals surface area contributed by atoms with Gasteiger partial charge in [0.15, 0.2) is 0 Å². The number of rotatable bonds is 1. The Morgan fingerprint density at radius 1 is 1.27 bits per heavy atom. The van der Waals surface area contributed by atoms with E-state index in [0.717, 1.165) is 19.4 Å². The zero-order valence-electron chi connectivity index (χ0n) is 9.41. The Hall–Kier alpha value is -0.340. The molecule has 84 valence electrons. The van der Waals surface area contributed by atoms with Crippen molar-refractivity contribution in [2.45, 2.75) is 56.6 Å². The van der Waals surface area contributed by atoms with Crippen LogP contribution in [0.1, 0.15) is 44.9 Å². The molecule has 2 aliphatic heterocycles. The first-order valence-electron chi connectivity index (χ1n) is 6.47. The minimum absolute atomic E-state index is 0.446. The van der Waals surface area contributed by atoms with Crippen LogP contribution in [0.15, 0.2) is 11.6 Å². The lowest BCUT2D eigenvalue weighted by molar-refractivity contribution is 0.0441. The van der Waals surface area contributed by atoms with Crippen molar-refractivity contribution >= 4 is 0 Å². The summed E-state index contributed by atoms with van der Waals surface area (Å²) in [6.07, 6.45) is 10.7. The van der Waals surface area contributed by atoms with Gasteiger partial charge < -0.3 is 5.11 Å². The van der Waals surface area contributed by atoms with Crippen LogP contribution in [0.5, 0.6) is 0 Å². The normalized spacial score (nSPS) is 41.7. The molecule has 2 heteroatoms. The Kier molecular flexibility index (Phi) is 2.37. The molecule has 2 atom stereocenters. The number of hydrogen-bond donors (Lipinski definition) is 1. The minimum Gasteiger partial charge on any atom is -0.384 e. The number of allylic oxidation sites excluding steroid dienone is 1. The van der Waals surface area contributed by atoms with Crippen LogP contribution in [-0.2, 0) is 0 Å². The topological polar surface area (TPSA) is 23.5 Å². The van der Waals surface area contributed by atoms with Crippen molar-refractivity contribution < 1.29 is 5.11 Å². The van der Waals surface area contributed by atoms with Gasteiger partial charge in [0.25, 0.3) is 0 Å². The monoisotopic (exact) mass is 207 g/mol. The average Bonchev–Trinajstić information content (AvgIpc) is 2.85. The van der Waals surface area contributed by atoms with Gasteiger partial charge in [0.2, 0.25) is 0 Å². The molecule has 15 heavy (non-hydrogen) atoms. The van der Waals surface area contributed by atoms with Crippen LogP contribution in [0.4, 0.5) is 0 Å². The summed E-state index contributed by atoms with van der Waals surface area (Å²) in [5.74, 6) is 0. The van der Waals surface area contributed by atoms with Gasteiger partial charge in [-0.05, 0) is 57.1 Å². The van der Waals surface area contributed by atoms with Gasteiger partial charge in [0.1, 0.15) is 5.60 Å². The molecule has 0 radical (unpaired) electrons. The number of aliphatic hydroxyl groups is 1. The summed E-state index contributed by atoms with van der Waals surface area (Å²) >= 11 is 0. The third-order valence-electron chi connectivity index (χ3n) is 4.54. The smallest absolute Gasteiger partial charge is 0.102 e. The van der Waals surface area contributed by atoms with Crippen LogP contribution in [0, 0.1) is 0 Å². The minimum atomic E-state index is -0.447. The SMILES string of the molecule is OC1(C2=CCCCC2)CCN2CCCC21.